The fourth-order valence-corrected chi connectivity index (χ4v) is 4.47. The second-order valence-corrected chi connectivity index (χ2v) is 8.51. The number of urea groups is 1. The highest BCUT2D eigenvalue weighted by molar-refractivity contribution is 5.89. The zero-order valence-corrected chi connectivity index (χ0v) is 19.3. The molecule has 2 aliphatic heterocycles. The van der Waals surface area contributed by atoms with Crippen molar-refractivity contribution in [1.82, 2.24) is 24.3 Å². The molecule has 1 saturated heterocycles. The average molecular weight is 486 g/mol. The van der Waals surface area contributed by atoms with Gasteiger partial charge in [-0.2, -0.15) is 0 Å². The molecule has 13 heteroatoms. The summed E-state index contributed by atoms with van der Waals surface area (Å²) in [5.74, 6) is -0.510. The van der Waals surface area contributed by atoms with E-state index in [0.717, 1.165) is 17.0 Å². The molecular weight excluding hydrogens is 458 g/mol. The molecule has 1 atom stereocenters. The van der Waals surface area contributed by atoms with Crippen LogP contribution in [-0.2, 0) is 33.8 Å². The van der Waals surface area contributed by atoms with Crippen LogP contribution in [0.15, 0.2) is 30.6 Å². The van der Waals surface area contributed by atoms with E-state index < -0.39 is 17.0 Å². The number of primary amides is 1. The summed E-state index contributed by atoms with van der Waals surface area (Å²) in [6, 6.07) is 5.00. The predicted molar refractivity (Wildman–Crippen MR) is 122 cm³/mol. The molecule has 13 nitrogen and oxygen atoms in total. The molecule has 1 fully saturated rings. The van der Waals surface area contributed by atoms with E-state index in [2.05, 4.69) is 4.98 Å². The summed E-state index contributed by atoms with van der Waals surface area (Å²) in [6.07, 6.45) is 1.91. The number of aromatic nitrogens is 2. The number of hydrogen-bond acceptors (Lipinski definition) is 7. The summed E-state index contributed by atoms with van der Waals surface area (Å²) in [4.78, 5) is 57.3. The summed E-state index contributed by atoms with van der Waals surface area (Å²) in [5.41, 5.74) is 7.71. The van der Waals surface area contributed by atoms with Crippen molar-refractivity contribution in [2.24, 2.45) is 5.73 Å². The maximum Gasteiger partial charge on any atom is 0.314 e. The number of carbonyl (C=O) groups excluding carboxylic acids is 3. The third-order valence-corrected chi connectivity index (χ3v) is 6.39. The van der Waals surface area contributed by atoms with Gasteiger partial charge in [-0.1, -0.05) is 12.1 Å². The number of nitro groups is 1. The fourth-order valence-electron chi connectivity index (χ4n) is 4.47. The number of imidazole rings is 1. The van der Waals surface area contributed by atoms with Crippen molar-refractivity contribution in [3.8, 4) is 0 Å². The summed E-state index contributed by atoms with van der Waals surface area (Å²) in [5, 5.41) is 10.9. The minimum Gasteiger partial charge on any atom is -0.375 e. The van der Waals surface area contributed by atoms with Gasteiger partial charge in [0.05, 0.1) is 29.2 Å². The number of ether oxygens (including phenoxy) is 1. The van der Waals surface area contributed by atoms with Crippen LogP contribution in [0.3, 0.4) is 0 Å². The topological polar surface area (TPSA) is 157 Å². The Morgan fingerprint density at radius 3 is 2.40 bits per heavy atom. The van der Waals surface area contributed by atoms with Gasteiger partial charge in [-0.25, -0.2) is 9.78 Å². The number of nitrogens with two attached hydrogens (primary N) is 1. The maximum absolute atomic E-state index is 13.4. The van der Waals surface area contributed by atoms with Crippen LogP contribution in [0.4, 0.5) is 10.5 Å². The lowest BCUT2D eigenvalue weighted by molar-refractivity contribution is -0.384. The number of rotatable bonds is 6. The van der Waals surface area contributed by atoms with Crippen molar-refractivity contribution in [1.29, 1.82) is 0 Å². The number of piperazine rings is 1. The average Bonchev–Trinajstić information content (AvgIpc) is 3.24. The van der Waals surface area contributed by atoms with Crippen LogP contribution >= 0.6 is 0 Å². The monoisotopic (exact) mass is 485 g/mol. The van der Waals surface area contributed by atoms with E-state index in [4.69, 9.17) is 10.5 Å². The quantitative estimate of drug-likeness (QED) is 0.444. The number of non-ortho nitro benzene ring substituents is 1. The van der Waals surface area contributed by atoms with Crippen LogP contribution in [0.1, 0.15) is 17.0 Å². The van der Waals surface area contributed by atoms with Gasteiger partial charge >= 0.3 is 6.03 Å². The number of methoxy groups -OCH3 is 1. The summed E-state index contributed by atoms with van der Waals surface area (Å²) in [7, 11) is 1.42. The largest absolute Gasteiger partial charge is 0.375 e. The SMILES string of the molecule is COCC(=O)N1Cc2c(ncn2Cc2ccc([N+](=O)[O-])cc2)CC1C(=O)N1CCN(C(N)=O)CC1. The lowest BCUT2D eigenvalue weighted by Gasteiger charge is -2.40. The first-order valence-corrected chi connectivity index (χ1v) is 11.2. The van der Waals surface area contributed by atoms with Gasteiger partial charge in [-0.15, -0.1) is 0 Å². The van der Waals surface area contributed by atoms with Gasteiger partial charge in [0.25, 0.3) is 5.69 Å². The second-order valence-electron chi connectivity index (χ2n) is 8.51. The van der Waals surface area contributed by atoms with E-state index in [0.29, 0.717) is 32.7 Å². The van der Waals surface area contributed by atoms with E-state index in [1.807, 2.05) is 4.57 Å². The minimum atomic E-state index is -0.729. The molecule has 1 unspecified atom stereocenters. The molecule has 0 saturated carbocycles. The van der Waals surface area contributed by atoms with Gasteiger partial charge in [0, 0.05) is 58.4 Å². The maximum atomic E-state index is 13.4. The Balaban J connectivity index is 1.54. The smallest absolute Gasteiger partial charge is 0.314 e. The molecule has 0 radical (unpaired) electrons. The van der Waals surface area contributed by atoms with Crippen molar-refractivity contribution >= 4 is 23.5 Å². The van der Waals surface area contributed by atoms with Crippen molar-refractivity contribution in [3.63, 3.8) is 0 Å². The zero-order chi connectivity index (χ0) is 25.1. The third-order valence-electron chi connectivity index (χ3n) is 6.39. The molecule has 2 N–H and O–H groups in total. The molecular formula is C22H27N7O6. The Labute approximate surface area is 201 Å². The number of carbonyl (C=O) groups is 3. The van der Waals surface area contributed by atoms with Gasteiger partial charge in [0.15, 0.2) is 0 Å². The van der Waals surface area contributed by atoms with Crippen LogP contribution in [0.2, 0.25) is 0 Å². The van der Waals surface area contributed by atoms with Crippen LogP contribution in [0.5, 0.6) is 0 Å². The molecule has 0 aliphatic carbocycles. The predicted octanol–water partition coefficient (Wildman–Crippen LogP) is -0.0378. The Hall–Kier alpha value is -4.00. The first kappa shape index (κ1) is 24.1. The lowest BCUT2D eigenvalue weighted by atomic mass is 10.00. The number of amides is 4. The standard InChI is InChI=1S/C22H27N7O6/c1-35-13-20(30)28-12-19-17(10-18(28)21(31)25-6-8-26(9-7-25)22(23)32)24-14-27(19)11-15-2-4-16(5-3-15)29(33)34/h2-5,14,18H,6-13H2,1H3,(H2,23,32). The minimum absolute atomic E-state index is 0.00997. The summed E-state index contributed by atoms with van der Waals surface area (Å²) in [6.45, 7) is 1.80. The Morgan fingerprint density at radius 1 is 1.14 bits per heavy atom. The van der Waals surface area contributed by atoms with Crippen molar-refractivity contribution in [2.45, 2.75) is 25.6 Å². The molecule has 2 aromatic rings. The third kappa shape index (κ3) is 5.09. The van der Waals surface area contributed by atoms with Gasteiger partial charge in [-0.3, -0.25) is 19.7 Å². The molecule has 1 aromatic carbocycles. The Morgan fingerprint density at radius 2 is 1.80 bits per heavy atom. The number of benzene rings is 1. The molecule has 3 heterocycles. The number of nitro benzene ring substituents is 1. The van der Waals surface area contributed by atoms with Crippen LogP contribution in [0.25, 0.3) is 0 Å². The van der Waals surface area contributed by atoms with Crippen LogP contribution in [0, 0.1) is 10.1 Å². The fraction of sp³-hybridized carbons (Fsp3) is 0.455. The Kier molecular flexibility index (Phi) is 6.96. The first-order chi connectivity index (χ1) is 16.8. The van der Waals surface area contributed by atoms with Gasteiger partial charge in [0.1, 0.15) is 12.6 Å². The number of fused-ring (bicyclic) bond motifs is 1. The number of hydrogen-bond donors (Lipinski definition) is 1. The normalized spacial score (nSPS) is 17.7. The second kappa shape index (κ2) is 10.1. The number of nitrogens with zero attached hydrogens (tertiary/aromatic N) is 6. The molecule has 1 aromatic heterocycles. The highest BCUT2D eigenvalue weighted by Gasteiger charge is 2.39. The Bertz CT molecular complexity index is 1120. The van der Waals surface area contributed by atoms with Crippen molar-refractivity contribution < 1.29 is 24.0 Å². The molecule has 4 amide bonds. The van der Waals surface area contributed by atoms with Gasteiger partial charge in [-0.05, 0) is 5.56 Å². The molecule has 186 valence electrons. The summed E-state index contributed by atoms with van der Waals surface area (Å²) >= 11 is 0. The van der Waals surface area contributed by atoms with Gasteiger partial charge < -0.3 is 29.7 Å². The van der Waals surface area contributed by atoms with E-state index in [1.54, 1.807) is 23.4 Å². The van der Waals surface area contributed by atoms with E-state index in [-0.39, 0.29) is 37.1 Å². The van der Waals surface area contributed by atoms with E-state index in [9.17, 15) is 24.5 Å². The van der Waals surface area contributed by atoms with Crippen LogP contribution < -0.4 is 5.73 Å². The van der Waals surface area contributed by atoms with Crippen molar-refractivity contribution in [2.75, 3.05) is 39.9 Å². The van der Waals surface area contributed by atoms with Crippen molar-refractivity contribution in [3.05, 3.63) is 57.7 Å². The zero-order valence-electron chi connectivity index (χ0n) is 19.3. The molecule has 35 heavy (non-hydrogen) atoms. The van der Waals surface area contributed by atoms with Crippen LogP contribution in [-0.4, -0.2) is 93.0 Å². The molecule has 0 bridgehead atoms. The van der Waals surface area contributed by atoms with E-state index in [1.165, 1.54) is 29.0 Å². The summed E-state index contributed by atoms with van der Waals surface area (Å²) < 4.78 is 6.93. The molecule has 4 rings (SSSR count). The lowest BCUT2D eigenvalue weighted by Crippen LogP contribution is -2.59. The highest BCUT2D eigenvalue weighted by Crippen LogP contribution is 2.26. The molecule has 2 aliphatic rings. The first-order valence-electron chi connectivity index (χ1n) is 11.2. The van der Waals surface area contributed by atoms with Gasteiger partial charge in [0.2, 0.25) is 11.8 Å². The highest BCUT2D eigenvalue weighted by atomic mass is 16.6. The molecule has 0 spiro atoms. The van der Waals surface area contributed by atoms with E-state index >= 15 is 0 Å².